The molecule has 1 aliphatic heterocycles. The van der Waals surface area contributed by atoms with E-state index in [1.165, 1.54) is 36.9 Å². The molecule has 1 aliphatic rings. The van der Waals surface area contributed by atoms with Gasteiger partial charge in [-0.1, -0.05) is 45.0 Å². The van der Waals surface area contributed by atoms with Crippen LogP contribution in [0, 0.1) is 0 Å². The molecule has 1 saturated heterocycles. The molecule has 1 nitrogen and oxygen atoms in total. The zero-order chi connectivity index (χ0) is 11.6. The summed E-state index contributed by atoms with van der Waals surface area (Å²) in [6.45, 7) is 8.03. The third kappa shape index (κ3) is 2.85. The second-order valence-electron chi connectivity index (χ2n) is 5.95. The number of hydrogen-bond acceptors (Lipinski definition) is 1. The maximum Gasteiger partial charge on any atom is 0.0108 e. The van der Waals surface area contributed by atoms with Gasteiger partial charge in [-0.2, -0.15) is 0 Å². The number of rotatable bonds is 2. The molecule has 0 spiro atoms. The van der Waals surface area contributed by atoms with E-state index in [0.717, 1.165) is 0 Å². The molecule has 1 unspecified atom stereocenters. The molecule has 0 bridgehead atoms. The van der Waals surface area contributed by atoms with Gasteiger partial charge in [0.05, 0.1) is 0 Å². The Bertz CT molecular complexity index is 343. The molecule has 0 aromatic heterocycles. The summed E-state index contributed by atoms with van der Waals surface area (Å²) < 4.78 is 0. The van der Waals surface area contributed by atoms with Crippen LogP contribution in [0.4, 0.5) is 0 Å². The fourth-order valence-electron chi connectivity index (χ4n) is 2.38. The Kier molecular flexibility index (Phi) is 3.34. The van der Waals surface area contributed by atoms with Crippen LogP contribution in [0.3, 0.4) is 0 Å². The van der Waals surface area contributed by atoms with Crippen LogP contribution < -0.4 is 5.32 Å². The first-order valence-corrected chi connectivity index (χ1v) is 6.38. The third-order valence-electron chi connectivity index (χ3n) is 3.44. The van der Waals surface area contributed by atoms with Crippen molar-refractivity contribution in [1.82, 2.24) is 5.32 Å². The minimum absolute atomic E-state index is 0.263. The van der Waals surface area contributed by atoms with Gasteiger partial charge in [-0.3, -0.25) is 0 Å². The van der Waals surface area contributed by atoms with Crippen LogP contribution in [0.5, 0.6) is 0 Å². The van der Waals surface area contributed by atoms with E-state index in [0.29, 0.717) is 6.04 Å². The largest absolute Gasteiger partial charge is 0.314 e. The predicted molar refractivity (Wildman–Crippen MR) is 69.9 cm³/mol. The molecule has 1 heterocycles. The predicted octanol–water partition coefficient (Wildman–Crippen LogP) is 3.28. The minimum atomic E-state index is 0.263. The Morgan fingerprint density at radius 2 is 2.12 bits per heavy atom. The molecule has 2 rings (SSSR count). The highest BCUT2D eigenvalue weighted by Crippen LogP contribution is 2.23. The topological polar surface area (TPSA) is 12.0 Å². The van der Waals surface area contributed by atoms with Crippen LogP contribution in [0.2, 0.25) is 0 Å². The summed E-state index contributed by atoms with van der Waals surface area (Å²) >= 11 is 0. The van der Waals surface area contributed by atoms with E-state index in [1.807, 2.05) is 0 Å². The number of hydrogen-bond donors (Lipinski definition) is 1. The van der Waals surface area contributed by atoms with Crippen molar-refractivity contribution in [3.05, 3.63) is 35.4 Å². The highest BCUT2D eigenvalue weighted by molar-refractivity contribution is 5.29. The van der Waals surface area contributed by atoms with Gasteiger partial charge < -0.3 is 5.32 Å². The van der Waals surface area contributed by atoms with Crippen LogP contribution >= 0.6 is 0 Å². The summed E-state index contributed by atoms with van der Waals surface area (Å²) in [5.74, 6) is 0. The Hall–Kier alpha value is -0.820. The molecule has 1 heteroatoms. The highest BCUT2D eigenvalue weighted by atomic mass is 14.9. The standard InChI is InChI=1S/C15H23N/c1-15(2,3)13-7-4-6-12(10-13)11-14-8-5-9-16-14/h4,6-7,10,14,16H,5,8-9,11H2,1-3H3. The van der Waals surface area contributed by atoms with E-state index in [9.17, 15) is 0 Å². The van der Waals surface area contributed by atoms with Crippen molar-refractivity contribution >= 4 is 0 Å². The second-order valence-corrected chi connectivity index (χ2v) is 5.95. The maximum absolute atomic E-state index is 3.56. The first kappa shape index (κ1) is 11.7. The van der Waals surface area contributed by atoms with Crippen LogP contribution in [0.1, 0.15) is 44.7 Å². The molecule has 0 radical (unpaired) electrons. The first-order chi connectivity index (χ1) is 7.55. The van der Waals surface area contributed by atoms with Gasteiger partial charge in [0.25, 0.3) is 0 Å². The molecular formula is C15H23N. The third-order valence-corrected chi connectivity index (χ3v) is 3.44. The van der Waals surface area contributed by atoms with Crippen LogP contribution in [0.15, 0.2) is 24.3 Å². The van der Waals surface area contributed by atoms with Crippen molar-refractivity contribution in [2.75, 3.05) is 6.54 Å². The smallest absolute Gasteiger partial charge is 0.0108 e. The molecular weight excluding hydrogens is 194 g/mol. The average molecular weight is 217 g/mol. The highest BCUT2D eigenvalue weighted by Gasteiger charge is 2.17. The van der Waals surface area contributed by atoms with Gasteiger partial charge in [0, 0.05) is 6.04 Å². The summed E-state index contributed by atoms with van der Waals surface area (Å²) in [6, 6.07) is 9.78. The Labute approximate surface area is 99.3 Å². The molecule has 16 heavy (non-hydrogen) atoms. The van der Waals surface area contributed by atoms with Crippen LogP contribution in [-0.2, 0) is 11.8 Å². The van der Waals surface area contributed by atoms with Crippen molar-refractivity contribution in [3.8, 4) is 0 Å². The zero-order valence-electron chi connectivity index (χ0n) is 10.7. The molecule has 0 amide bonds. The zero-order valence-corrected chi connectivity index (χ0v) is 10.7. The van der Waals surface area contributed by atoms with E-state index in [1.54, 1.807) is 0 Å². The fraction of sp³-hybridized carbons (Fsp3) is 0.600. The van der Waals surface area contributed by atoms with Gasteiger partial charge >= 0.3 is 0 Å². The maximum atomic E-state index is 3.56. The summed E-state index contributed by atoms with van der Waals surface area (Å²) in [5, 5.41) is 3.56. The molecule has 1 aromatic carbocycles. The quantitative estimate of drug-likeness (QED) is 0.801. The molecule has 1 fully saturated rings. The van der Waals surface area contributed by atoms with Crippen molar-refractivity contribution in [2.24, 2.45) is 0 Å². The lowest BCUT2D eigenvalue weighted by Gasteiger charge is -2.20. The lowest BCUT2D eigenvalue weighted by molar-refractivity contribution is 0.581. The van der Waals surface area contributed by atoms with E-state index in [2.05, 4.69) is 50.4 Å². The second kappa shape index (κ2) is 4.58. The van der Waals surface area contributed by atoms with Gasteiger partial charge in [0.1, 0.15) is 0 Å². The lowest BCUT2D eigenvalue weighted by Crippen LogP contribution is -2.23. The van der Waals surface area contributed by atoms with Gasteiger partial charge in [-0.05, 0) is 42.3 Å². The monoisotopic (exact) mass is 217 g/mol. The van der Waals surface area contributed by atoms with Gasteiger partial charge in [-0.15, -0.1) is 0 Å². The molecule has 88 valence electrons. The van der Waals surface area contributed by atoms with Crippen LogP contribution in [0.25, 0.3) is 0 Å². The molecule has 1 aromatic rings. The van der Waals surface area contributed by atoms with E-state index in [4.69, 9.17) is 0 Å². The average Bonchev–Trinajstić information content (AvgIpc) is 2.70. The Morgan fingerprint density at radius 3 is 2.75 bits per heavy atom. The SMILES string of the molecule is CC(C)(C)c1cccc(CC2CCCN2)c1. The fourth-order valence-corrected chi connectivity index (χ4v) is 2.38. The summed E-state index contributed by atoms with van der Waals surface area (Å²) in [7, 11) is 0. The Morgan fingerprint density at radius 1 is 1.31 bits per heavy atom. The molecule has 0 saturated carbocycles. The summed E-state index contributed by atoms with van der Waals surface area (Å²) in [5.41, 5.74) is 3.19. The van der Waals surface area contributed by atoms with Gasteiger partial charge in [-0.25, -0.2) is 0 Å². The molecule has 0 aliphatic carbocycles. The van der Waals surface area contributed by atoms with Gasteiger partial charge in [0.15, 0.2) is 0 Å². The van der Waals surface area contributed by atoms with Crippen molar-refractivity contribution in [3.63, 3.8) is 0 Å². The molecule has 1 N–H and O–H groups in total. The van der Waals surface area contributed by atoms with E-state index < -0.39 is 0 Å². The van der Waals surface area contributed by atoms with Crippen LogP contribution in [-0.4, -0.2) is 12.6 Å². The number of benzene rings is 1. The van der Waals surface area contributed by atoms with Crippen molar-refractivity contribution in [1.29, 1.82) is 0 Å². The first-order valence-electron chi connectivity index (χ1n) is 6.38. The Balaban J connectivity index is 2.09. The lowest BCUT2D eigenvalue weighted by atomic mass is 9.85. The van der Waals surface area contributed by atoms with Crippen molar-refractivity contribution in [2.45, 2.75) is 51.5 Å². The molecule has 1 atom stereocenters. The number of nitrogens with one attached hydrogen (secondary N) is 1. The van der Waals surface area contributed by atoms with Gasteiger partial charge in [0.2, 0.25) is 0 Å². The summed E-state index contributed by atoms with van der Waals surface area (Å²) in [6.07, 6.45) is 3.85. The minimum Gasteiger partial charge on any atom is -0.314 e. The van der Waals surface area contributed by atoms with Crippen molar-refractivity contribution < 1.29 is 0 Å². The normalized spacial score (nSPS) is 21.3. The van der Waals surface area contributed by atoms with E-state index >= 15 is 0 Å². The van der Waals surface area contributed by atoms with E-state index in [-0.39, 0.29) is 5.41 Å². The summed E-state index contributed by atoms with van der Waals surface area (Å²) in [4.78, 5) is 0.